The van der Waals surface area contributed by atoms with Crippen molar-refractivity contribution in [2.45, 2.75) is 66.4 Å². The molecule has 0 saturated heterocycles. The zero-order valence-electron chi connectivity index (χ0n) is 13.7. The highest BCUT2D eigenvalue weighted by molar-refractivity contribution is 5.25. The molecular formula is C18H32O. The molecule has 0 aliphatic carbocycles. The minimum absolute atomic E-state index is 0.235. The molecule has 110 valence electrons. The average molecular weight is 264 g/mol. The van der Waals surface area contributed by atoms with Gasteiger partial charge in [-0.2, -0.15) is 0 Å². The Balaban J connectivity index is 5.50. The van der Waals surface area contributed by atoms with Gasteiger partial charge in [0.05, 0.1) is 5.60 Å². The van der Waals surface area contributed by atoms with E-state index in [9.17, 15) is 5.11 Å². The molecule has 0 spiro atoms. The first-order valence-corrected chi connectivity index (χ1v) is 7.17. The fourth-order valence-corrected chi connectivity index (χ4v) is 3.02. The lowest BCUT2D eigenvalue weighted by atomic mass is 9.72. The van der Waals surface area contributed by atoms with Crippen molar-refractivity contribution in [2.75, 3.05) is 0 Å². The minimum Gasteiger partial charge on any atom is -0.385 e. The van der Waals surface area contributed by atoms with Crippen LogP contribution < -0.4 is 0 Å². The highest BCUT2D eigenvalue weighted by atomic mass is 16.3. The molecule has 0 aromatic heterocycles. The lowest BCUT2D eigenvalue weighted by molar-refractivity contribution is 0.0840. The second kappa shape index (κ2) is 7.09. The molecule has 0 aromatic rings. The van der Waals surface area contributed by atoms with Gasteiger partial charge in [0, 0.05) is 0 Å². The van der Waals surface area contributed by atoms with Crippen molar-refractivity contribution in [3.8, 4) is 0 Å². The van der Waals surface area contributed by atoms with Crippen molar-refractivity contribution >= 4 is 0 Å². The summed E-state index contributed by atoms with van der Waals surface area (Å²) in [5.41, 5.74) is 1.79. The normalized spacial score (nSPS) is 16.4. The molecule has 0 fully saturated rings. The summed E-state index contributed by atoms with van der Waals surface area (Å²) in [6, 6.07) is 0. The number of hydrogen-bond donors (Lipinski definition) is 1. The second-order valence-corrected chi connectivity index (χ2v) is 7.17. The van der Waals surface area contributed by atoms with Crippen molar-refractivity contribution in [1.29, 1.82) is 0 Å². The Hall–Kier alpha value is -0.820. The Morgan fingerprint density at radius 3 is 1.95 bits per heavy atom. The Bertz CT molecular complexity index is 335. The molecule has 2 atom stereocenters. The summed E-state index contributed by atoms with van der Waals surface area (Å²) in [6.45, 7) is 20.4. The lowest BCUT2D eigenvalue weighted by Gasteiger charge is -2.36. The van der Waals surface area contributed by atoms with Crippen LogP contribution in [-0.2, 0) is 0 Å². The fraction of sp³-hybridized carbons (Fsp3) is 0.667. The second-order valence-electron chi connectivity index (χ2n) is 7.17. The number of rotatable bonds is 7. The molecule has 0 heterocycles. The summed E-state index contributed by atoms with van der Waals surface area (Å²) in [7, 11) is 0. The van der Waals surface area contributed by atoms with E-state index in [4.69, 9.17) is 0 Å². The van der Waals surface area contributed by atoms with Crippen LogP contribution in [0.25, 0.3) is 0 Å². The van der Waals surface area contributed by atoms with Crippen molar-refractivity contribution < 1.29 is 5.11 Å². The van der Waals surface area contributed by atoms with Gasteiger partial charge in [0.2, 0.25) is 0 Å². The van der Waals surface area contributed by atoms with Crippen molar-refractivity contribution in [3.05, 3.63) is 36.5 Å². The third-order valence-corrected chi connectivity index (χ3v) is 3.38. The molecule has 0 amide bonds. The molecule has 0 rings (SSSR count). The summed E-state index contributed by atoms with van der Waals surface area (Å²) in [5, 5.41) is 10.8. The molecule has 1 nitrogen and oxygen atoms in total. The van der Waals surface area contributed by atoms with E-state index in [1.165, 1.54) is 5.57 Å². The highest BCUT2D eigenvalue weighted by Crippen LogP contribution is 2.39. The van der Waals surface area contributed by atoms with E-state index in [0.717, 1.165) is 18.4 Å². The molecule has 0 aromatic carbocycles. The maximum atomic E-state index is 10.8. The van der Waals surface area contributed by atoms with Gasteiger partial charge in [0.25, 0.3) is 0 Å². The average Bonchev–Trinajstić information content (AvgIpc) is 2.13. The summed E-state index contributed by atoms with van der Waals surface area (Å²) in [5.74, 6) is 0.345. The molecular weight excluding hydrogens is 232 g/mol. The molecule has 0 aliphatic rings. The minimum atomic E-state index is -0.806. The quantitative estimate of drug-likeness (QED) is 0.620. The van der Waals surface area contributed by atoms with Gasteiger partial charge in [-0.05, 0) is 56.9 Å². The molecule has 19 heavy (non-hydrogen) atoms. The van der Waals surface area contributed by atoms with E-state index in [1.807, 2.05) is 13.0 Å². The number of aliphatic hydroxyl groups is 1. The van der Waals surface area contributed by atoms with Crippen molar-refractivity contribution in [3.63, 3.8) is 0 Å². The van der Waals surface area contributed by atoms with Crippen LogP contribution in [0, 0.1) is 11.3 Å². The van der Waals surface area contributed by atoms with Crippen LogP contribution in [0.4, 0.5) is 0 Å². The predicted octanol–water partition coefficient (Wildman–Crippen LogP) is 5.28. The van der Waals surface area contributed by atoms with Gasteiger partial charge in [0.15, 0.2) is 0 Å². The van der Waals surface area contributed by atoms with Gasteiger partial charge in [-0.25, -0.2) is 0 Å². The monoisotopic (exact) mass is 264 g/mol. The molecule has 0 radical (unpaired) electrons. The third-order valence-electron chi connectivity index (χ3n) is 3.38. The van der Waals surface area contributed by atoms with Crippen molar-refractivity contribution in [1.82, 2.24) is 0 Å². The molecule has 0 aliphatic heterocycles. The summed E-state index contributed by atoms with van der Waals surface area (Å²) in [6.07, 6.45) is 6.30. The van der Waals surface area contributed by atoms with Crippen LogP contribution >= 0.6 is 0 Å². The summed E-state index contributed by atoms with van der Waals surface area (Å²) < 4.78 is 0. The van der Waals surface area contributed by atoms with Crippen LogP contribution in [0.1, 0.15) is 60.8 Å². The van der Waals surface area contributed by atoms with Crippen LogP contribution in [-0.4, -0.2) is 10.7 Å². The van der Waals surface area contributed by atoms with Crippen LogP contribution in [0.2, 0.25) is 0 Å². The Morgan fingerprint density at radius 2 is 1.63 bits per heavy atom. The maximum Gasteiger partial charge on any atom is 0.0868 e. The standard InChI is InChI=1S/C18H32O/c1-9-11-15(13-17(5,6)7)16(14(3)4)18(8,19)12-10-2/h9-10,15,19H,1-2,11-13H2,3-8H3. The van der Waals surface area contributed by atoms with Gasteiger partial charge in [-0.15, -0.1) is 13.2 Å². The van der Waals surface area contributed by atoms with E-state index in [1.54, 1.807) is 6.08 Å². The van der Waals surface area contributed by atoms with E-state index < -0.39 is 5.60 Å². The molecule has 0 saturated carbocycles. The molecule has 1 heteroatoms. The Morgan fingerprint density at radius 1 is 1.11 bits per heavy atom. The molecule has 0 bridgehead atoms. The third kappa shape index (κ3) is 6.24. The number of allylic oxidation sites excluding steroid dienone is 2. The van der Waals surface area contributed by atoms with E-state index in [-0.39, 0.29) is 5.41 Å². The van der Waals surface area contributed by atoms with Gasteiger partial charge in [0.1, 0.15) is 0 Å². The summed E-state index contributed by atoms with van der Waals surface area (Å²) >= 11 is 0. The van der Waals surface area contributed by atoms with Gasteiger partial charge in [-0.1, -0.05) is 38.5 Å². The predicted molar refractivity (Wildman–Crippen MR) is 86.2 cm³/mol. The largest absolute Gasteiger partial charge is 0.385 e. The van der Waals surface area contributed by atoms with Gasteiger partial charge >= 0.3 is 0 Å². The van der Waals surface area contributed by atoms with Crippen LogP contribution in [0.3, 0.4) is 0 Å². The zero-order chi connectivity index (χ0) is 15.3. The van der Waals surface area contributed by atoms with E-state index in [2.05, 4.69) is 47.8 Å². The molecule has 1 N–H and O–H groups in total. The fourth-order valence-electron chi connectivity index (χ4n) is 3.02. The van der Waals surface area contributed by atoms with Gasteiger partial charge < -0.3 is 5.11 Å². The first kappa shape index (κ1) is 18.2. The highest BCUT2D eigenvalue weighted by Gasteiger charge is 2.32. The zero-order valence-corrected chi connectivity index (χ0v) is 13.7. The smallest absolute Gasteiger partial charge is 0.0868 e. The Labute approximate surface area is 120 Å². The SMILES string of the molecule is C=CCC(CC(C)(C)C)C(=C(C)C)C(C)(O)CC=C. The van der Waals surface area contributed by atoms with Crippen LogP contribution in [0.5, 0.6) is 0 Å². The summed E-state index contributed by atoms with van der Waals surface area (Å²) in [4.78, 5) is 0. The topological polar surface area (TPSA) is 20.2 Å². The van der Waals surface area contributed by atoms with Crippen molar-refractivity contribution in [2.24, 2.45) is 11.3 Å². The van der Waals surface area contributed by atoms with Crippen LogP contribution in [0.15, 0.2) is 36.5 Å². The maximum absolute atomic E-state index is 10.8. The first-order valence-electron chi connectivity index (χ1n) is 7.17. The molecule has 2 unspecified atom stereocenters. The van der Waals surface area contributed by atoms with Gasteiger partial charge in [-0.3, -0.25) is 0 Å². The first-order chi connectivity index (χ1) is 8.55. The Kier molecular flexibility index (Phi) is 6.79. The van der Waals surface area contributed by atoms with E-state index >= 15 is 0 Å². The number of hydrogen-bond acceptors (Lipinski definition) is 1. The van der Waals surface area contributed by atoms with E-state index in [0.29, 0.717) is 12.3 Å². The lowest BCUT2D eigenvalue weighted by Crippen LogP contribution is -2.33.